The number of hydrogen-bond donors (Lipinski definition) is 0. The van der Waals surface area contributed by atoms with Crippen LogP contribution >= 0.6 is 0 Å². The van der Waals surface area contributed by atoms with Crippen molar-refractivity contribution < 1.29 is 14.3 Å². The van der Waals surface area contributed by atoms with E-state index >= 15 is 0 Å². The number of aryl methyl sites for hydroxylation is 1. The Morgan fingerprint density at radius 1 is 1.62 bits per heavy atom. The Balaban J connectivity index is 2.23. The van der Waals surface area contributed by atoms with Crippen molar-refractivity contribution in [2.75, 3.05) is 7.11 Å². The molecule has 0 bridgehead atoms. The maximum absolute atomic E-state index is 11.3. The smallest absolute Gasteiger partial charge is 0.347 e. The van der Waals surface area contributed by atoms with Gasteiger partial charge >= 0.3 is 5.97 Å². The lowest BCUT2D eigenvalue weighted by Crippen LogP contribution is -2.32. The van der Waals surface area contributed by atoms with Gasteiger partial charge in [-0.2, -0.15) is 5.26 Å². The Bertz CT molecular complexity index is 462. The molecule has 1 unspecified atom stereocenters. The molecule has 0 saturated carbocycles. The number of nitrogens with zero attached hydrogens (tertiary/aromatic N) is 1. The Hall–Kier alpha value is -2.02. The molecule has 1 aliphatic rings. The van der Waals surface area contributed by atoms with Crippen LogP contribution in [0, 0.1) is 11.3 Å². The normalized spacial score (nSPS) is 17.9. The third-order valence-corrected chi connectivity index (χ3v) is 2.60. The number of esters is 1. The molecule has 1 aromatic rings. The van der Waals surface area contributed by atoms with E-state index in [9.17, 15) is 4.79 Å². The highest BCUT2D eigenvalue weighted by molar-refractivity contribution is 5.75. The molecule has 82 valence electrons. The van der Waals surface area contributed by atoms with E-state index in [1.807, 2.05) is 0 Å². The molecule has 0 radical (unpaired) electrons. The van der Waals surface area contributed by atoms with Crippen molar-refractivity contribution >= 4 is 5.97 Å². The Labute approximate surface area is 93.4 Å². The van der Waals surface area contributed by atoms with E-state index in [0.717, 1.165) is 12.0 Å². The van der Waals surface area contributed by atoms with Crippen molar-refractivity contribution in [2.45, 2.75) is 18.9 Å². The van der Waals surface area contributed by atoms with E-state index in [2.05, 4.69) is 10.8 Å². The summed E-state index contributed by atoms with van der Waals surface area (Å²) < 4.78 is 10.1. The Morgan fingerprint density at radius 2 is 2.44 bits per heavy atom. The lowest BCUT2D eigenvalue weighted by Gasteiger charge is -2.24. The maximum atomic E-state index is 11.3. The molecule has 1 atom stereocenters. The zero-order chi connectivity index (χ0) is 11.5. The fraction of sp³-hybridized carbons (Fsp3) is 0.333. The minimum atomic E-state index is -0.523. The average Bonchev–Trinajstić information content (AvgIpc) is 2.36. The van der Waals surface area contributed by atoms with Crippen LogP contribution in [0.3, 0.4) is 0 Å². The van der Waals surface area contributed by atoms with Crippen LogP contribution in [0.1, 0.15) is 17.5 Å². The monoisotopic (exact) mass is 217 g/mol. The highest BCUT2D eigenvalue weighted by Gasteiger charge is 2.26. The number of carbonyl (C=O) groups is 1. The molecule has 16 heavy (non-hydrogen) atoms. The first-order valence-corrected chi connectivity index (χ1v) is 5.02. The first-order valence-electron chi connectivity index (χ1n) is 5.02. The van der Waals surface area contributed by atoms with Gasteiger partial charge in [0.05, 0.1) is 18.7 Å². The molecule has 1 aromatic carbocycles. The second kappa shape index (κ2) is 4.23. The first-order chi connectivity index (χ1) is 7.74. The molecule has 2 rings (SSSR count). The van der Waals surface area contributed by atoms with Crippen molar-refractivity contribution in [1.82, 2.24) is 0 Å². The van der Waals surface area contributed by atoms with Gasteiger partial charge in [-0.15, -0.1) is 0 Å². The van der Waals surface area contributed by atoms with Crippen LogP contribution in [0.4, 0.5) is 0 Å². The lowest BCUT2D eigenvalue weighted by atomic mass is 10.0. The molecule has 1 aliphatic heterocycles. The van der Waals surface area contributed by atoms with Gasteiger partial charge in [0.15, 0.2) is 6.10 Å². The second-order valence-electron chi connectivity index (χ2n) is 3.60. The zero-order valence-corrected chi connectivity index (χ0v) is 8.90. The van der Waals surface area contributed by atoms with E-state index in [1.54, 1.807) is 18.2 Å². The summed E-state index contributed by atoms with van der Waals surface area (Å²) in [6.45, 7) is 0. The van der Waals surface area contributed by atoms with Crippen molar-refractivity contribution in [2.24, 2.45) is 0 Å². The molecule has 0 aliphatic carbocycles. The van der Waals surface area contributed by atoms with E-state index < -0.39 is 6.10 Å². The first kappa shape index (κ1) is 10.5. The average molecular weight is 217 g/mol. The van der Waals surface area contributed by atoms with Crippen LogP contribution in [-0.2, 0) is 16.0 Å². The third-order valence-electron chi connectivity index (χ3n) is 2.60. The number of hydrogen-bond acceptors (Lipinski definition) is 4. The molecule has 1 heterocycles. The number of ether oxygens (including phenoxy) is 2. The highest BCUT2D eigenvalue weighted by Crippen LogP contribution is 2.28. The van der Waals surface area contributed by atoms with E-state index in [0.29, 0.717) is 17.7 Å². The van der Waals surface area contributed by atoms with Crippen molar-refractivity contribution in [3.05, 3.63) is 29.3 Å². The maximum Gasteiger partial charge on any atom is 0.347 e. The lowest BCUT2D eigenvalue weighted by molar-refractivity contribution is -0.149. The van der Waals surface area contributed by atoms with Gasteiger partial charge in [-0.1, -0.05) is 0 Å². The van der Waals surface area contributed by atoms with Gasteiger partial charge in [0.1, 0.15) is 5.75 Å². The van der Waals surface area contributed by atoms with Crippen LogP contribution in [0.15, 0.2) is 18.2 Å². The van der Waals surface area contributed by atoms with Gasteiger partial charge in [0.25, 0.3) is 0 Å². The molecule has 0 aromatic heterocycles. The molecule has 4 nitrogen and oxygen atoms in total. The second-order valence-corrected chi connectivity index (χ2v) is 3.60. The Morgan fingerprint density at radius 3 is 3.12 bits per heavy atom. The van der Waals surface area contributed by atoms with Crippen molar-refractivity contribution in [1.29, 1.82) is 5.26 Å². The van der Waals surface area contributed by atoms with Gasteiger partial charge in [-0.3, -0.25) is 0 Å². The summed E-state index contributed by atoms with van der Waals surface area (Å²) in [7, 11) is 1.35. The molecular formula is C12H11NO3. The number of fused-ring (bicyclic) bond motifs is 1. The molecule has 0 spiro atoms. The SMILES string of the molecule is COC(=O)C1CCc2cc(C#N)ccc2O1. The van der Waals surface area contributed by atoms with Crippen molar-refractivity contribution in [3.63, 3.8) is 0 Å². The van der Waals surface area contributed by atoms with Gasteiger partial charge in [0, 0.05) is 0 Å². The van der Waals surface area contributed by atoms with Crippen LogP contribution in [0.5, 0.6) is 5.75 Å². The van der Waals surface area contributed by atoms with E-state index in [-0.39, 0.29) is 5.97 Å². The number of rotatable bonds is 1. The minimum Gasteiger partial charge on any atom is -0.478 e. The topological polar surface area (TPSA) is 59.3 Å². The third kappa shape index (κ3) is 1.84. The molecule has 0 N–H and O–H groups in total. The molecular weight excluding hydrogens is 206 g/mol. The highest BCUT2D eigenvalue weighted by atomic mass is 16.6. The van der Waals surface area contributed by atoms with Gasteiger partial charge in [-0.25, -0.2) is 4.79 Å². The summed E-state index contributed by atoms with van der Waals surface area (Å²) in [5, 5.41) is 8.75. The fourth-order valence-electron chi connectivity index (χ4n) is 1.76. The molecule has 0 saturated heterocycles. The number of benzene rings is 1. The minimum absolute atomic E-state index is 0.352. The molecule has 0 fully saturated rings. The van der Waals surface area contributed by atoms with E-state index in [4.69, 9.17) is 10.00 Å². The predicted octanol–water partition coefficient (Wildman–Crippen LogP) is 1.42. The van der Waals surface area contributed by atoms with Gasteiger partial charge in [0.2, 0.25) is 0 Å². The summed E-state index contributed by atoms with van der Waals surface area (Å²) in [6, 6.07) is 7.27. The predicted molar refractivity (Wildman–Crippen MR) is 55.9 cm³/mol. The van der Waals surface area contributed by atoms with Crippen LogP contribution < -0.4 is 4.74 Å². The zero-order valence-electron chi connectivity index (χ0n) is 8.90. The summed E-state index contributed by atoms with van der Waals surface area (Å²) in [5.74, 6) is 0.315. The van der Waals surface area contributed by atoms with Gasteiger partial charge in [-0.05, 0) is 36.6 Å². The fourth-order valence-corrected chi connectivity index (χ4v) is 1.76. The largest absolute Gasteiger partial charge is 0.478 e. The van der Waals surface area contributed by atoms with Gasteiger partial charge < -0.3 is 9.47 Å². The van der Waals surface area contributed by atoms with E-state index in [1.165, 1.54) is 7.11 Å². The number of methoxy groups -OCH3 is 1. The molecule has 0 amide bonds. The summed E-state index contributed by atoms with van der Waals surface area (Å²) >= 11 is 0. The summed E-state index contributed by atoms with van der Waals surface area (Å²) in [5.41, 5.74) is 1.58. The van der Waals surface area contributed by atoms with Crippen LogP contribution in [-0.4, -0.2) is 19.2 Å². The summed E-state index contributed by atoms with van der Waals surface area (Å²) in [4.78, 5) is 11.3. The molecule has 4 heteroatoms. The summed E-state index contributed by atoms with van der Waals surface area (Å²) in [6.07, 6.45) is 0.796. The Kier molecular flexibility index (Phi) is 2.78. The van der Waals surface area contributed by atoms with Crippen molar-refractivity contribution in [3.8, 4) is 11.8 Å². The van der Waals surface area contributed by atoms with Crippen LogP contribution in [0.25, 0.3) is 0 Å². The van der Waals surface area contributed by atoms with Crippen LogP contribution in [0.2, 0.25) is 0 Å². The standard InChI is InChI=1S/C12H11NO3/c1-15-12(14)11-5-3-9-6-8(7-13)2-4-10(9)16-11/h2,4,6,11H,3,5H2,1H3. The number of nitriles is 1. The number of carbonyl (C=O) groups excluding carboxylic acids is 1. The quantitative estimate of drug-likeness (QED) is 0.667.